The molecule has 3 aromatic rings. The van der Waals surface area contributed by atoms with Crippen LogP contribution in [0.4, 0.5) is 0 Å². The van der Waals surface area contributed by atoms with Gasteiger partial charge in [-0.3, -0.25) is 4.79 Å². The molecule has 2 atom stereocenters. The Morgan fingerprint density at radius 1 is 1.14 bits per heavy atom. The average Bonchev–Trinajstić information content (AvgIpc) is 3.31. The number of carbonyl (C=O) groups excluding carboxylic acids is 1. The summed E-state index contributed by atoms with van der Waals surface area (Å²) >= 11 is 0. The molecule has 0 fully saturated rings. The van der Waals surface area contributed by atoms with E-state index in [4.69, 9.17) is 4.74 Å². The lowest BCUT2D eigenvalue weighted by atomic mass is 9.76. The molecule has 0 saturated carbocycles. The van der Waals surface area contributed by atoms with Crippen molar-refractivity contribution in [1.29, 1.82) is 0 Å². The zero-order chi connectivity index (χ0) is 24.8. The number of nitrogens with one attached hydrogen (secondary N) is 1. The van der Waals surface area contributed by atoms with Crippen LogP contribution in [0.2, 0.25) is 0 Å². The van der Waals surface area contributed by atoms with Gasteiger partial charge in [-0.05, 0) is 60.6 Å². The number of hydrogen-bond donors (Lipinski definition) is 1. The van der Waals surface area contributed by atoms with Crippen LogP contribution in [-0.2, 0) is 34.5 Å². The summed E-state index contributed by atoms with van der Waals surface area (Å²) in [6.07, 6.45) is 6.90. The molecule has 1 aliphatic carbocycles. The van der Waals surface area contributed by atoms with E-state index in [1.807, 2.05) is 38.2 Å². The van der Waals surface area contributed by atoms with Gasteiger partial charge in [0.2, 0.25) is 5.91 Å². The van der Waals surface area contributed by atoms with Crippen molar-refractivity contribution in [2.24, 2.45) is 7.05 Å². The molecule has 1 N–H and O–H groups in total. The van der Waals surface area contributed by atoms with E-state index in [0.29, 0.717) is 24.3 Å². The smallest absolute Gasteiger partial charge is 0.219 e. The van der Waals surface area contributed by atoms with Gasteiger partial charge < -0.3 is 14.6 Å². The number of carbonyl (C=O) groups is 1. The van der Waals surface area contributed by atoms with Crippen LogP contribution < -0.4 is 10.1 Å². The summed E-state index contributed by atoms with van der Waals surface area (Å²) in [5, 5.41) is 3.24. The summed E-state index contributed by atoms with van der Waals surface area (Å²) in [6.45, 7) is 2.20. The Balaban J connectivity index is 1.46. The molecular weight excluding hydrogens is 460 g/mol. The van der Waals surface area contributed by atoms with Crippen molar-refractivity contribution >= 4 is 15.7 Å². The van der Waals surface area contributed by atoms with Crippen LogP contribution in [0.15, 0.2) is 71.9 Å². The molecule has 7 heteroatoms. The maximum Gasteiger partial charge on any atom is 0.219 e. The average molecular weight is 495 g/mol. The predicted octanol–water partition coefficient (Wildman–Crippen LogP) is 4.44. The van der Waals surface area contributed by atoms with Crippen LogP contribution in [0.3, 0.4) is 0 Å². The molecule has 0 radical (unpaired) electrons. The maximum atomic E-state index is 12.5. The van der Waals surface area contributed by atoms with Crippen molar-refractivity contribution < 1.29 is 17.9 Å². The largest absolute Gasteiger partial charge is 0.494 e. The van der Waals surface area contributed by atoms with Crippen molar-refractivity contribution in [3.8, 4) is 5.75 Å². The third kappa shape index (κ3) is 6.34. The molecule has 1 aromatic heterocycles. The molecular formula is C28H34N2O4S. The molecule has 4 rings (SSSR count). The van der Waals surface area contributed by atoms with Crippen LogP contribution in [0.1, 0.15) is 48.8 Å². The second-order valence-corrected chi connectivity index (χ2v) is 11.4. The van der Waals surface area contributed by atoms with E-state index >= 15 is 0 Å². The highest BCUT2D eigenvalue weighted by Crippen LogP contribution is 2.37. The van der Waals surface area contributed by atoms with Crippen LogP contribution >= 0.6 is 0 Å². The fourth-order valence-electron chi connectivity index (χ4n) is 4.79. The summed E-state index contributed by atoms with van der Waals surface area (Å²) in [5.41, 5.74) is 3.72. The number of hydrogen-bond acceptors (Lipinski definition) is 4. The van der Waals surface area contributed by atoms with Gasteiger partial charge in [-0.25, -0.2) is 8.42 Å². The number of amides is 1. The topological polar surface area (TPSA) is 77.4 Å². The highest BCUT2D eigenvalue weighted by molar-refractivity contribution is 7.91. The van der Waals surface area contributed by atoms with E-state index < -0.39 is 9.84 Å². The Morgan fingerprint density at radius 2 is 1.94 bits per heavy atom. The minimum absolute atomic E-state index is 0.0453. The van der Waals surface area contributed by atoms with Gasteiger partial charge in [-0.1, -0.05) is 43.3 Å². The lowest BCUT2D eigenvalue weighted by Crippen LogP contribution is -2.42. The van der Waals surface area contributed by atoms with E-state index in [1.165, 1.54) is 16.7 Å². The second kappa shape index (κ2) is 11.1. The fraction of sp³-hybridized carbons (Fsp3) is 0.393. The van der Waals surface area contributed by atoms with Crippen molar-refractivity contribution in [2.75, 3.05) is 12.4 Å². The number of fused-ring (bicyclic) bond motifs is 1. The van der Waals surface area contributed by atoms with Crippen molar-refractivity contribution in [3.63, 3.8) is 0 Å². The van der Waals surface area contributed by atoms with E-state index in [0.717, 1.165) is 25.0 Å². The molecule has 6 nitrogen and oxygen atoms in total. The second-order valence-electron chi connectivity index (χ2n) is 9.26. The normalized spacial score (nSPS) is 17.5. The summed E-state index contributed by atoms with van der Waals surface area (Å²) in [4.78, 5) is 12.6. The number of benzene rings is 2. The zero-order valence-electron chi connectivity index (χ0n) is 20.4. The molecule has 186 valence electrons. The number of rotatable bonds is 10. The van der Waals surface area contributed by atoms with Crippen molar-refractivity contribution in [2.45, 2.75) is 55.9 Å². The minimum atomic E-state index is -3.31. The summed E-state index contributed by atoms with van der Waals surface area (Å²) in [5.74, 6) is 1.01. The van der Waals surface area contributed by atoms with Gasteiger partial charge in [0.05, 0.1) is 17.3 Å². The van der Waals surface area contributed by atoms with Crippen LogP contribution in [0, 0.1) is 0 Å². The highest BCUT2D eigenvalue weighted by Gasteiger charge is 2.31. The van der Waals surface area contributed by atoms with Gasteiger partial charge in [-0.15, -0.1) is 0 Å². The molecule has 1 aliphatic rings. The Kier molecular flexibility index (Phi) is 7.96. The standard InChI is InChI=1S/C28H34N2O4S/c1-3-28(31)29-27-13-11-22-10-12-23(19-25(22)26(27)18-21-8-5-4-6-9-21)34-16-7-17-35(32,33)24-14-15-30(2)20-24/h4-6,8-10,12,14-15,19-20,26-27H,3,7,11,13,16-18H2,1-2H3,(H,29,31). The molecule has 35 heavy (non-hydrogen) atoms. The number of ether oxygens (including phenoxy) is 1. The first-order chi connectivity index (χ1) is 16.9. The Labute approximate surface area is 208 Å². The maximum absolute atomic E-state index is 12.5. The third-order valence-corrected chi connectivity index (χ3v) is 8.47. The van der Waals surface area contributed by atoms with Gasteiger partial charge in [0.1, 0.15) is 5.75 Å². The Hall–Kier alpha value is -3.06. The minimum Gasteiger partial charge on any atom is -0.494 e. The predicted molar refractivity (Wildman–Crippen MR) is 137 cm³/mol. The van der Waals surface area contributed by atoms with Gasteiger partial charge in [0.25, 0.3) is 0 Å². The first kappa shape index (κ1) is 25.0. The first-order valence-electron chi connectivity index (χ1n) is 12.3. The van der Waals surface area contributed by atoms with Crippen LogP contribution in [-0.4, -0.2) is 37.3 Å². The summed E-state index contributed by atoms with van der Waals surface area (Å²) < 4.78 is 32.7. The molecule has 1 amide bonds. The lowest BCUT2D eigenvalue weighted by molar-refractivity contribution is -0.121. The number of sulfone groups is 1. The summed E-state index contributed by atoms with van der Waals surface area (Å²) in [7, 11) is -1.51. The highest BCUT2D eigenvalue weighted by atomic mass is 32.2. The molecule has 0 spiro atoms. The monoisotopic (exact) mass is 494 g/mol. The zero-order valence-corrected chi connectivity index (χ0v) is 21.3. The third-order valence-electron chi connectivity index (χ3n) is 6.68. The van der Waals surface area contributed by atoms with E-state index in [9.17, 15) is 13.2 Å². The number of nitrogens with zero attached hydrogens (tertiary/aromatic N) is 1. The van der Waals surface area contributed by atoms with Crippen LogP contribution in [0.5, 0.6) is 5.75 Å². The number of aromatic nitrogens is 1. The Bertz CT molecular complexity index is 1250. The molecule has 0 aliphatic heterocycles. The van der Waals surface area contributed by atoms with E-state index in [2.05, 4.69) is 29.6 Å². The van der Waals surface area contributed by atoms with Gasteiger partial charge in [0, 0.05) is 37.8 Å². The van der Waals surface area contributed by atoms with Crippen molar-refractivity contribution in [1.82, 2.24) is 9.88 Å². The Morgan fingerprint density at radius 3 is 2.66 bits per heavy atom. The van der Waals surface area contributed by atoms with Gasteiger partial charge in [0.15, 0.2) is 9.84 Å². The van der Waals surface area contributed by atoms with Crippen LogP contribution in [0.25, 0.3) is 0 Å². The molecule has 0 bridgehead atoms. The van der Waals surface area contributed by atoms with E-state index in [1.54, 1.807) is 23.0 Å². The molecule has 1 heterocycles. The lowest BCUT2D eigenvalue weighted by Gasteiger charge is -2.35. The molecule has 2 unspecified atom stereocenters. The molecule has 2 aromatic carbocycles. The van der Waals surface area contributed by atoms with E-state index in [-0.39, 0.29) is 23.6 Å². The van der Waals surface area contributed by atoms with Gasteiger partial charge >= 0.3 is 0 Å². The SMILES string of the molecule is CCC(=O)NC1CCc2ccc(OCCCS(=O)(=O)c3ccn(C)c3)cc2C1Cc1ccccc1. The quantitative estimate of drug-likeness (QED) is 0.423. The fourth-order valence-corrected chi connectivity index (χ4v) is 6.11. The van der Waals surface area contributed by atoms with Gasteiger partial charge in [-0.2, -0.15) is 0 Å². The van der Waals surface area contributed by atoms with Crippen molar-refractivity contribution in [3.05, 3.63) is 83.7 Å². The molecule has 0 saturated heterocycles. The summed E-state index contributed by atoms with van der Waals surface area (Å²) in [6, 6.07) is 18.2. The number of aryl methyl sites for hydroxylation is 2. The first-order valence-corrected chi connectivity index (χ1v) is 13.9.